The normalized spacial score (nSPS) is 10.8. The summed E-state index contributed by atoms with van der Waals surface area (Å²) in [6.45, 7) is 2.03. The van der Waals surface area contributed by atoms with Crippen molar-refractivity contribution in [2.45, 2.75) is 17.7 Å². The highest BCUT2D eigenvalue weighted by Gasteiger charge is 2.12. The van der Waals surface area contributed by atoms with Crippen LogP contribution in [0.4, 0.5) is 10.8 Å². The molecule has 2 aromatic heterocycles. The van der Waals surface area contributed by atoms with Crippen LogP contribution in [0.25, 0.3) is 10.2 Å². The van der Waals surface area contributed by atoms with Crippen molar-refractivity contribution in [2.75, 3.05) is 23.5 Å². The first-order chi connectivity index (χ1) is 15.5. The van der Waals surface area contributed by atoms with Crippen LogP contribution in [-0.4, -0.2) is 34.6 Å². The molecule has 2 aromatic carbocycles. The molecule has 0 aliphatic carbocycles. The second-order valence-corrected chi connectivity index (χ2v) is 10.00. The SMILES string of the molecule is COc1cccc(NC(=O)CSc2nc(CC(=O)Nc3nc4ccc(C)cc4s3)cs2)c1. The van der Waals surface area contributed by atoms with Crippen molar-refractivity contribution in [3.8, 4) is 5.75 Å². The Bertz CT molecular complexity index is 1270. The number of nitrogens with one attached hydrogen (secondary N) is 2. The zero-order valence-corrected chi connectivity index (χ0v) is 19.8. The van der Waals surface area contributed by atoms with E-state index in [1.54, 1.807) is 19.2 Å². The quantitative estimate of drug-likeness (QED) is 0.343. The summed E-state index contributed by atoms with van der Waals surface area (Å²) in [5.74, 6) is 0.600. The highest BCUT2D eigenvalue weighted by atomic mass is 32.2. The molecular formula is C22H20N4O3S3. The van der Waals surface area contributed by atoms with Gasteiger partial charge in [-0.2, -0.15) is 0 Å². The lowest BCUT2D eigenvalue weighted by molar-refractivity contribution is -0.116. The van der Waals surface area contributed by atoms with Crippen LogP contribution in [0.3, 0.4) is 0 Å². The number of nitrogens with zero attached hydrogens (tertiary/aromatic N) is 2. The number of anilines is 2. The average molecular weight is 485 g/mol. The van der Waals surface area contributed by atoms with Crippen LogP contribution in [0.2, 0.25) is 0 Å². The predicted octanol–water partition coefficient (Wildman–Crippen LogP) is 4.98. The van der Waals surface area contributed by atoms with E-state index in [-0.39, 0.29) is 24.0 Å². The van der Waals surface area contributed by atoms with Gasteiger partial charge in [0, 0.05) is 17.1 Å². The van der Waals surface area contributed by atoms with Crippen LogP contribution in [0, 0.1) is 6.92 Å². The van der Waals surface area contributed by atoms with Gasteiger partial charge in [-0.1, -0.05) is 35.2 Å². The Labute approximate surface area is 197 Å². The van der Waals surface area contributed by atoms with Crippen LogP contribution in [0.5, 0.6) is 5.75 Å². The monoisotopic (exact) mass is 484 g/mol. The topological polar surface area (TPSA) is 93.2 Å². The molecule has 0 bridgehead atoms. The average Bonchev–Trinajstić information content (AvgIpc) is 3.38. The molecule has 0 aliphatic heterocycles. The lowest BCUT2D eigenvalue weighted by atomic mass is 10.2. The second-order valence-electron chi connectivity index (χ2n) is 6.89. The van der Waals surface area contributed by atoms with E-state index in [0.717, 1.165) is 20.1 Å². The summed E-state index contributed by atoms with van der Waals surface area (Å²) >= 11 is 4.20. The van der Waals surface area contributed by atoms with Crippen molar-refractivity contribution in [2.24, 2.45) is 0 Å². The minimum absolute atomic E-state index is 0.135. The van der Waals surface area contributed by atoms with Crippen molar-refractivity contribution >= 4 is 67.3 Å². The van der Waals surface area contributed by atoms with Crippen LogP contribution in [0.1, 0.15) is 11.3 Å². The molecule has 7 nitrogen and oxygen atoms in total. The number of amides is 2. The lowest BCUT2D eigenvalue weighted by Crippen LogP contribution is -2.14. The van der Waals surface area contributed by atoms with Gasteiger partial charge in [-0.15, -0.1) is 11.3 Å². The molecule has 0 spiro atoms. The number of ether oxygens (including phenoxy) is 1. The van der Waals surface area contributed by atoms with Gasteiger partial charge in [0.2, 0.25) is 11.8 Å². The number of thioether (sulfide) groups is 1. The van der Waals surface area contributed by atoms with E-state index in [1.165, 1.54) is 34.4 Å². The highest BCUT2D eigenvalue weighted by molar-refractivity contribution is 8.01. The van der Waals surface area contributed by atoms with E-state index in [0.29, 0.717) is 22.3 Å². The number of hydrogen-bond donors (Lipinski definition) is 2. The minimum atomic E-state index is -0.168. The molecule has 4 rings (SSSR count). The maximum Gasteiger partial charge on any atom is 0.234 e. The molecule has 0 aliphatic rings. The Hall–Kier alpha value is -2.95. The molecule has 32 heavy (non-hydrogen) atoms. The number of hydrogen-bond acceptors (Lipinski definition) is 8. The second kappa shape index (κ2) is 10.1. The Morgan fingerprint density at radius 3 is 2.81 bits per heavy atom. The number of benzene rings is 2. The molecule has 0 radical (unpaired) electrons. The molecule has 4 aromatic rings. The van der Waals surface area contributed by atoms with Gasteiger partial charge in [0.05, 0.1) is 35.2 Å². The number of aryl methyl sites for hydroxylation is 1. The fraction of sp³-hybridized carbons (Fsp3) is 0.182. The van der Waals surface area contributed by atoms with E-state index in [9.17, 15) is 9.59 Å². The molecule has 0 saturated heterocycles. The van der Waals surface area contributed by atoms with Gasteiger partial charge in [-0.05, 0) is 36.8 Å². The molecule has 2 heterocycles. The van der Waals surface area contributed by atoms with Crippen molar-refractivity contribution in [1.82, 2.24) is 9.97 Å². The van der Waals surface area contributed by atoms with E-state index in [2.05, 4.69) is 26.7 Å². The zero-order valence-electron chi connectivity index (χ0n) is 17.4. The maximum absolute atomic E-state index is 12.4. The Balaban J connectivity index is 1.27. The molecule has 0 saturated carbocycles. The lowest BCUT2D eigenvalue weighted by Gasteiger charge is -2.06. The number of thiazole rings is 2. The third-order valence-corrected chi connectivity index (χ3v) is 7.35. The van der Waals surface area contributed by atoms with Gasteiger partial charge in [-0.3, -0.25) is 9.59 Å². The first-order valence-corrected chi connectivity index (χ1v) is 12.3. The fourth-order valence-electron chi connectivity index (χ4n) is 2.87. The van der Waals surface area contributed by atoms with Gasteiger partial charge in [-0.25, -0.2) is 9.97 Å². The first kappa shape index (κ1) is 22.3. The largest absolute Gasteiger partial charge is 0.497 e. The van der Waals surface area contributed by atoms with E-state index in [1.807, 2.05) is 36.6 Å². The van der Waals surface area contributed by atoms with Crippen LogP contribution < -0.4 is 15.4 Å². The van der Waals surface area contributed by atoms with Crippen LogP contribution >= 0.6 is 34.4 Å². The van der Waals surface area contributed by atoms with Gasteiger partial charge < -0.3 is 15.4 Å². The summed E-state index contributed by atoms with van der Waals surface area (Å²) in [4.78, 5) is 33.5. The number of aromatic nitrogens is 2. The Morgan fingerprint density at radius 2 is 1.97 bits per heavy atom. The Morgan fingerprint density at radius 1 is 1.09 bits per heavy atom. The fourth-order valence-corrected chi connectivity index (χ4v) is 5.50. The molecule has 164 valence electrons. The molecular weight excluding hydrogens is 464 g/mol. The first-order valence-electron chi connectivity index (χ1n) is 9.66. The van der Waals surface area contributed by atoms with Crippen molar-refractivity contribution in [3.05, 3.63) is 59.1 Å². The van der Waals surface area contributed by atoms with E-state index >= 15 is 0 Å². The van der Waals surface area contributed by atoms with Crippen LogP contribution in [0.15, 0.2) is 52.2 Å². The summed E-state index contributed by atoms with van der Waals surface area (Å²) < 4.78 is 6.94. The number of carbonyl (C=O) groups excluding carboxylic acids is 2. The van der Waals surface area contributed by atoms with Gasteiger partial charge >= 0.3 is 0 Å². The smallest absolute Gasteiger partial charge is 0.234 e. The van der Waals surface area contributed by atoms with Crippen molar-refractivity contribution < 1.29 is 14.3 Å². The summed E-state index contributed by atoms with van der Waals surface area (Å²) in [6, 6.07) is 13.2. The summed E-state index contributed by atoms with van der Waals surface area (Å²) in [5, 5.41) is 8.10. The maximum atomic E-state index is 12.4. The van der Waals surface area contributed by atoms with Crippen molar-refractivity contribution in [3.63, 3.8) is 0 Å². The number of carbonyl (C=O) groups is 2. The van der Waals surface area contributed by atoms with Gasteiger partial charge in [0.15, 0.2) is 9.47 Å². The van der Waals surface area contributed by atoms with Gasteiger partial charge in [0.25, 0.3) is 0 Å². The summed E-state index contributed by atoms with van der Waals surface area (Å²) in [5.41, 5.74) is 3.37. The van der Waals surface area contributed by atoms with Gasteiger partial charge in [0.1, 0.15) is 5.75 Å². The molecule has 0 unspecified atom stereocenters. The standard InChI is InChI=1S/C22H20N4O3S3/c1-13-6-7-17-18(8-13)32-21(25-17)26-19(27)10-15-11-30-22(24-15)31-12-20(28)23-14-4-3-5-16(9-14)29-2/h3-9,11H,10,12H2,1-2H3,(H,23,28)(H,25,26,27). The third kappa shape index (κ3) is 5.84. The summed E-state index contributed by atoms with van der Waals surface area (Å²) in [6.07, 6.45) is 0.155. The predicted molar refractivity (Wildman–Crippen MR) is 131 cm³/mol. The van der Waals surface area contributed by atoms with Crippen molar-refractivity contribution in [1.29, 1.82) is 0 Å². The molecule has 2 N–H and O–H groups in total. The molecule has 2 amide bonds. The molecule has 0 fully saturated rings. The molecule has 10 heteroatoms. The van der Waals surface area contributed by atoms with E-state index < -0.39 is 0 Å². The van der Waals surface area contributed by atoms with Crippen LogP contribution in [-0.2, 0) is 16.0 Å². The minimum Gasteiger partial charge on any atom is -0.497 e. The number of fused-ring (bicyclic) bond motifs is 1. The number of rotatable bonds is 8. The van der Waals surface area contributed by atoms with E-state index in [4.69, 9.17) is 4.74 Å². The third-order valence-electron chi connectivity index (χ3n) is 4.34. The molecule has 0 atom stereocenters. The zero-order chi connectivity index (χ0) is 22.5. The summed E-state index contributed by atoms with van der Waals surface area (Å²) in [7, 11) is 1.58. The number of methoxy groups -OCH3 is 1. The highest BCUT2D eigenvalue weighted by Crippen LogP contribution is 2.27. The Kier molecular flexibility index (Phi) is 7.03.